The van der Waals surface area contributed by atoms with Gasteiger partial charge < -0.3 is 5.73 Å². The number of hydrogen-bond donors (Lipinski definition) is 1. The van der Waals surface area contributed by atoms with Crippen LogP contribution in [0.2, 0.25) is 0 Å². The Hall–Kier alpha value is -0.960. The molecule has 3 heteroatoms. The summed E-state index contributed by atoms with van der Waals surface area (Å²) in [5.74, 6) is 1.33. The topological polar surface area (TPSA) is 51.8 Å². The summed E-state index contributed by atoms with van der Waals surface area (Å²) in [4.78, 5) is 8.65. The second-order valence-corrected chi connectivity index (χ2v) is 3.45. The summed E-state index contributed by atoms with van der Waals surface area (Å²) in [6.07, 6.45) is 3.78. The summed E-state index contributed by atoms with van der Waals surface area (Å²) in [6.45, 7) is 4.92. The monoisotopic (exact) mass is 179 g/mol. The van der Waals surface area contributed by atoms with Crippen molar-refractivity contribution in [2.24, 2.45) is 5.73 Å². The normalized spacial score (nSPS) is 10.8. The molecule has 1 rings (SSSR count). The summed E-state index contributed by atoms with van der Waals surface area (Å²) in [5, 5.41) is 0. The standard InChI is InChI=1S/C10H17N3/c1-8(2)10-12-7-5-9(13-10)4-3-6-11/h5,7-8H,3-4,6,11H2,1-2H3. The van der Waals surface area contributed by atoms with Crippen LogP contribution in [0.3, 0.4) is 0 Å². The molecule has 0 unspecified atom stereocenters. The lowest BCUT2D eigenvalue weighted by molar-refractivity contribution is 0.737. The Morgan fingerprint density at radius 2 is 2.23 bits per heavy atom. The summed E-state index contributed by atoms with van der Waals surface area (Å²) in [7, 11) is 0. The largest absolute Gasteiger partial charge is 0.330 e. The van der Waals surface area contributed by atoms with Crippen LogP contribution in [0.25, 0.3) is 0 Å². The maximum absolute atomic E-state index is 5.43. The third-order valence-electron chi connectivity index (χ3n) is 1.89. The van der Waals surface area contributed by atoms with E-state index in [1.165, 1.54) is 0 Å². The zero-order valence-electron chi connectivity index (χ0n) is 8.33. The van der Waals surface area contributed by atoms with Crippen molar-refractivity contribution in [1.29, 1.82) is 0 Å². The average Bonchev–Trinajstić information content (AvgIpc) is 2.15. The molecule has 1 aromatic heterocycles. The third-order valence-corrected chi connectivity index (χ3v) is 1.89. The molecule has 2 N–H and O–H groups in total. The first-order valence-corrected chi connectivity index (χ1v) is 4.76. The fraction of sp³-hybridized carbons (Fsp3) is 0.600. The van der Waals surface area contributed by atoms with Crippen molar-refractivity contribution in [1.82, 2.24) is 9.97 Å². The molecule has 1 aromatic rings. The fourth-order valence-electron chi connectivity index (χ4n) is 1.11. The summed E-state index contributed by atoms with van der Waals surface area (Å²) in [6, 6.07) is 1.96. The quantitative estimate of drug-likeness (QED) is 0.762. The maximum atomic E-state index is 5.43. The van der Waals surface area contributed by atoms with Gasteiger partial charge >= 0.3 is 0 Å². The molecule has 0 radical (unpaired) electrons. The molecule has 0 fully saturated rings. The number of aromatic nitrogens is 2. The molecule has 0 aromatic carbocycles. The molecule has 0 aliphatic rings. The lowest BCUT2D eigenvalue weighted by Crippen LogP contribution is -2.04. The molecular weight excluding hydrogens is 162 g/mol. The second-order valence-electron chi connectivity index (χ2n) is 3.45. The van der Waals surface area contributed by atoms with Gasteiger partial charge in [0.1, 0.15) is 5.82 Å². The third kappa shape index (κ3) is 3.11. The predicted octanol–water partition coefficient (Wildman–Crippen LogP) is 1.49. The first-order valence-electron chi connectivity index (χ1n) is 4.76. The second kappa shape index (κ2) is 4.92. The Balaban J connectivity index is 2.68. The highest BCUT2D eigenvalue weighted by molar-refractivity contribution is 5.04. The molecule has 0 bridgehead atoms. The summed E-state index contributed by atoms with van der Waals surface area (Å²) >= 11 is 0. The predicted molar refractivity (Wildman–Crippen MR) is 53.5 cm³/mol. The minimum absolute atomic E-state index is 0.401. The van der Waals surface area contributed by atoms with Crippen LogP contribution >= 0.6 is 0 Å². The van der Waals surface area contributed by atoms with Gasteiger partial charge in [0.25, 0.3) is 0 Å². The van der Waals surface area contributed by atoms with Gasteiger partial charge in [0.2, 0.25) is 0 Å². The Labute approximate surface area is 79.4 Å². The van der Waals surface area contributed by atoms with Gasteiger partial charge in [-0.15, -0.1) is 0 Å². The summed E-state index contributed by atoms with van der Waals surface area (Å²) in [5.41, 5.74) is 6.53. The molecule has 0 aliphatic heterocycles. The fourth-order valence-corrected chi connectivity index (χ4v) is 1.11. The Kier molecular flexibility index (Phi) is 3.83. The lowest BCUT2D eigenvalue weighted by atomic mass is 10.2. The van der Waals surface area contributed by atoms with Crippen LogP contribution in [-0.4, -0.2) is 16.5 Å². The van der Waals surface area contributed by atoms with Crippen molar-refractivity contribution in [3.63, 3.8) is 0 Å². The highest BCUT2D eigenvalue weighted by atomic mass is 14.9. The van der Waals surface area contributed by atoms with Gasteiger partial charge in [-0.3, -0.25) is 0 Å². The van der Waals surface area contributed by atoms with Crippen molar-refractivity contribution in [3.8, 4) is 0 Å². The molecule has 1 heterocycles. The summed E-state index contributed by atoms with van der Waals surface area (Å²) < 4.78 is 0. The first kappa shape index (κ1) is 10.1. The van der Waals surface area contributed by atoms with Crippen LogP contribution in [0.4, 0.5) is 0 Å². The van der Waals surface area contributed by atoms with E-state index in [-0.39, 0.29) is 0 Å². The Morgan fingerprint density at radius 3 is 2.85 bits per heavy atom. The van der Waals surface area contributed by atoms with Crippen LogP contribution in [0.15, 0.2) is 12.3 Å². The first-order chi connectivity index (χ1) is 6.24. The average molecular weight is 179 g/mol. The van der Waals surface area contributed by atoms with Gasteiger partial charge in [0.05, 0.1) is 0 Å². The SMILES string of the molecule is CC(C)c1nccc(CCCN)n1. The van der Waals surface area contributed by atoms with Crippen molar-refractivity contribution in [2.45, 2.75) is 32.6 Å². The molecule has 0 saturated heterocycles. The van der Waals surface area contributed by atoms with E-state index in [0.29, 0.717) is 5.92 Å². The Bertz CT molecular complexity index is 258. The van der Waals surface area contributed by atoms with Crippen molar-refractivity contribution in [3.05, 3.63) is 23.8 Å². The zero-order chi connectivity index (χ0) is 9.68. The van der Waals surface area contributed by atoms with Crippen LogP contribution in [0, 0.1) is 0 Å². The molecule has 13 heavy (non-hydrogen) atoms. The maximum Gasteiger partial charge on any atom is 0.131 e. The van der Waals surface area contributed by atoms with Gasteiger partial charge in [-0.05, 0) is 25.5 Å². The smallest absolute Gasteiger partial charge is 0.131 e. The number of nitrogens with zero attached hydrogens (tertiary/aromatic N) is 2. The molecule has 72 valence electrons. The van der Waals surface area contributed by atoms with Crippen LogP contribution in [-0.2, 0) is 6.42 Å². The van der Waals surface area contributed by atoms with E-state index in [0.717, 1.165) is 30.9 Å². The van der Waals surface area contributed by atoms with Gasteiger partial charge in [-0.1, -0.05) is 13.8 Å². The van der Waals surface area contributed by atoms with Gasteiger partial charge in [0.15, 0.2) is 0 Å². The zero-order valence-corrected chi connectivity index (χ0v) is 8.33. The van der Waals surface area contributed by atoms with E-state index in [2.05, 4.69) is 23.8 Å². The van der Waals surface area contributed by atoms with Gasteiger partial charge in [0, 0.05) is 17.8 Å². The molecule has 0 aliphatic carbocycles. The minimum Gasteiger partial charge on any atom is -0.330 e. The highest BCUT2D eigenvalue weighted by Gasteiger charge is 2.02. The highest BCUT2D eigenvalue weighted by Crippen LogP contribution is 2.08. The van der Waals surface area contributed by atoms with Crippen LogP contribution in [0.5, 0.6) is 0 Å². The van der Waals surface area contributed by atoms with E-state index < -0.39 is 0 Å². The molecular formula is C10H17N3. The van der Waals surface area contributed by atoms with E-state index >= 15 is 0 Å². The van der Waals surface area contributed by atoms with E-state index in [4.69, 9.17) is 5.73 Å². The van der Waals surface area contributed by atoms with E-state index in [9.17, 15) is 0 Å². The molecule has 0 amide bonds. The number of hydrogen-bond acceptors (Lipinski definition) is 3. The molecule has 0 spiro atoms. The van der Waals surface area contributed by atoms with Gasteiger partial charge in [-0.2, -0.15) is 0 Å². The van der Waals surface area contributed by atoms with E-state index in [1.807, 2.05) is 12.3 Å². The Morgan fingerprint density at radius 1 is 1.46 bits per heavy atom. The minimum atomic E-state index is 0.401. The number of nitrogens with two attached hydrogens (primary N) is 1. The van der Waals surface area contributed by atoms with Crippen molar-refractivity contribution < 1.29 is 0 Å². The lowest BCUT2D eigenvalue weighted by Gasteiger charge is -2.04. The van der Waals surface area contributed by atoms with E-state index in [1.54, 1.807) is 0 Å². The van der Waals surface area contributed by atoms with Crippen molar-refractivity contribution in [2.75, 3.05) is 6.54 Å². The van der Waals surface area contributed by atoms with Crippen LogP contribution < -0.4 is 5.73 Å². The van der Waals surface area contributed by atoms with Gasteiger partial charge in [-0.25, -0.2) is 9.97 Å². The molecule has 0 atom stereocenters. The van der Waals surface area contributed by atoms with Crippen molar-refractivity contribution >= 4 is 0 Å². The molecule has 0 saturated carbocycles. The number of aryl methyl sites for hydroxylation is 1. The molecule has 3 nitrogen and oxygen atoms in total. The van der Waals surface area contributed by atoms with Crippen LogP contribution in [0.1, 0.15) is 37.7 Å². The number of rotatable bonds is 4.